The number of amides is 2. The summed E-state index contributed by atoms with van der Waals surface area (Å²) in [7, 11) is 0. The number of carbonyl (C=O) groups is 1. The summed E-state index contributed by atoms with van der Waals surface area (Å²) < 4.78 is 0. The summed E-state index contributed by atoms with van der Waals surface area (Å²) in [6.45, 7) is 2.00. The van der Waals surface area contributed by atoms with Crippen molar-refractivity contribution in [2.24, 2.45) is 0 Å². The molecule has 0 bridgehead atoms. The van der Waals surface area contributed by atoms with E-state index in [-0.39, 0.29) is 12.1 Å². The van der Waals surface area contributed by atoms with E-state index in [9.17, 15) is 4.79 Å². The van der Waals surface area contributed by atoms with Crippen molar-refractivity contribution >= 4 is 23.7 Å². The van der Waals surface area contributed by atoms with Crippen molar-refractivity contribution < 1.29 is 4.79 Å². The molecule has 1 aliphatic rings. The van der Waals surface area contributed by atoms with E-state index in [2.05, 4.69) is 28.8 Å². The Morgan fingerprint density at radius 1 is 1.12 bits per heavy atom. The lowest BCUT2D eigenvalue weighted by Gasteiger charge is -2.20. The van der Waals surface area contributed by atoms with E-state index in [4.69, 9.17) is 11.6 Å². The highest BCUT2D eigenvalue weighted by Crippen LogP contribution is 2.24. The molecule has 1 atom stereocenters. The van der Waals surface area contributed by atoms with Crippen LogP contribution in [-0.2, 0) is 12.8 Å². The van der Waals surface area contributed by atoms with Gasteiger partial charge in [0.2, 0.25) is 0 Å². The lowest BCUT2D eigenvalue weighted by atomic mass is 9.89. The number of halogens is 1. The number of benzene rings is 2. The highest BCUT2D eigenvalue weighted by Gasteiger charge is 2.13. The normalized spacial score (nSPS) is 14.8. The van der Waals surface area contributed by atoms with E-state index in [0.29, 0.717) is 5.02 Å². The second-order valence-corrected chi connectivity index (χ2v) is 6.90. The highest BCUT2D eigenvalue weighted by molar-refractivity contribution is 6.30. The molecule has 0 spiro atoms. The summed E-state index contributed by atoms with van der Waals surface area (Å²) in [5, 5.41) is 6.39. The van der Waals surface area contributed by atoms with Crippen LogP contribution in [0.15, 0.2) is 48.7 Å². The third-order valence-corrected chi connectivity index (χ3v) is 4.79. The van der Waals surface area contributed by atoms with Gasteiger partial charge in [-0.15, -0.1) is 0 Å². The zero-order valence-electron chi connectivity index (χ0n) is 14.4. The van der Waals surface area contributed by atoms with Crippen LogP contribution in [0.3, 0.4) is 0 Å². The molecule has 2 aromatic carbocycles. The second-order valence-electron chi connectivity index (χ2n) is 6.46. The summed E-state index contributed by atoms with van der Waals surface area (Å²) in [6, 6.07) is 13.8. The molecule has 0 saturated heterocycles. The fraction of sp³-hybridized carbons (Fsp3) is 0.286. The number of nitrogens with one attached hydrogen (secondary N) is 2. The van der Waals surface area contributed by atoms with Crippen molar-refractivity contribution in [2.45, 2.75) is 38.6 Å². The fourth-order valence-corrected chi connectivity index (χ4v) is 3.37. The van der Waals surface area contributed by atoms with E-state index >= 15 is 0 Å². The zero-order chi connectivity index (χ0) is 17.6. The first-order valence-corrected chi connectivity index (χ1v) is 9.10. The second kappa shape index (κ2) is 8.21. The van der Waals surface area contributed by atoms with Crippen LogP contribution in [-0.4, -0.2) is 6.03 Å². The van der Waals surface area contributed by atoms with Gasteiger partial charge >= 0.3 is 6.03 Å². The maximum absolute atomic E-state index is 12.1. The largest absolute Gasteiger partial charge is 0.331 e. The van der Waals surface area contributed by atoms with Gasteiger partial charge in [-0.1, -0.05) is 41.9 Å². The topological polar surface area (TPSA) is 41.1 Å². The van der Waals surface area contributed by atoms with E-state index in [1.54, 1.807) is 6.20 Å². The van der Waals surface area contributed by atoms with Gasteiger partial charge in [0.15, 0.2) is 0 Å². The number of aryl methyl sites for hydroxylation is 2. The standard InChI is InChI=1S/C21H23ClN2O/c1-15(18-10-9-17-6-2-3-7-19(17)14-18)24-21(25)23-12-11-16-5-4-8-20(22)13-16/h4-5,8-15H,2-3,6-7H2,1H3,(H2,23,24,25)/b12-11+. The average molecular weight is 355 g/mol. The van der Waals surface area contributed by atoms with Gasteiger partial charge in [0.25, 0.3) is 0 Å². The highest BCUT2D eigenvalue weighted by atomic mass is 35.5. The molecule has 2 N–H and O–H groups in total. The minimum atomic E-state index is -0.219. The average Bonchev–Trinajstić information content (AvgIpc) is 2.61. The Bertz CT molecular complexity index is 785. The predicted octanol–water partition coefficient (Wildman–Crippen LogP) is 5.25. The van der Waals surface area contributed by atoms with Crippen molar-refractivity contribution in [3.8, 4) is 0 Å². The van der Waals surface area contributed by atoms with Crippen molar-refractivity contribution in [2.75, 3.05) is 0 Å². The Balaban J connectivity index is 1.55. The summed E-state index contributed by atoms with van der Waals surface area (Å²) >= 11 is 5.94. The van der Waals surface area contributed by atoms with Gasteiger partial charge in [-0.25, -0.2) is 4.79 Å². The molecule has 2 amide bonds. The Labute approximate surface area is 154 Å². The first-order valence-electron chi connectivity index (χ1n) is 8.72. The lowest BCUT2D eigenvalue weighted by molar-refractivity contribution is 0.241. The van der Waals surface area contributed by atoms with E-state index in [1.807, 2.05) is 37.3 Å². The quantitative estimate of drug-likeness (QED) is 0.773. The van der Waals surface area contributed by atoms with E-state index in [1.165, 1.54) is 30.4 Å². The molecule has 1 unspecified atom stereocenters. The number of urea groups is 1. The van der Waals surface area contributed by atoms with Crippen LogP contribution in [0, 0.1) is 0 Å². The van der Waals surface area contributed by atoms with Crippen LogP contribution in [0.25, 0.3) is 6.08 Å². The molecular weight excluding hydrogens is 332 g/mol. The molecule has 130 valence electrons. The zero-order valence-corrected chi connectivity index (χ0v) is 15.1. The molecule has 0 heterocycles. The summed E-state index contributed by atoms with van der Waals surface area (Å²) in [5.41, 5.74) is 4.97. The Kier molecular flexibility index (Phi) is 5.77. The third kappa shape index (κ3) is 4.86. The van der Waals surface area contributed by atoms with E-state index in [0.717, 1.165) is 17.5 Å². The lowest BCUT2D eigenvalue weighted by Crippen LogP contribution is -2.34. The molecule has 0 aliphatic heterocycles. The number of carbonyl (C=O) groups excluding carboxylic acids is 1. The molecule has 2 aromatic rings. The molecular formula is C21H23ClN2O. The van der Waals surface area contributed by atoms with Crippen molar-refractivity contribution in [1.82, 2.24) is 10.6 Å². The van der Waals surface area contributed by atoms with Gasteiger partial charge < -0.3 is 10.6 Å². The molecule has 1 aliphatic carbocycles. The van der Waals surface area contributed by atoms with Gasteiger partial charge in [-0.3, -0.25) is 0 Å². The molecule has 25 heavy (non-hydrogen) atoms. The SMILES string of the molecule is CC(NC(=O)N/C=C/c1cccc(Cl)c1)c1ccc2c(c1)CCCC2. The van der Waals surface area contributed by atoms with Crippen molar-refractivity contribution in [3.05, 3.63) is 75.9 Å². The molecule has 3 rings (SSSR count). The Hall–Kier alpha value is -2.26. The molecule has 0 saturated carbocycles. The number of hydrogen-bond donors (Lipinski definition) is 2. The van der Waals surface area contributed by atoms with Gasteiger partial charge in [-0.05, 0) is 73.1 Å². The maximum Gasteiger partial charge on any atom is 0.319 e. The fourth-order valence-electron chi connectivity index (χ4n) is 3.17. The molecule has 3 nitrogen and oxygen atoms in total. The first kappa shape index (κ1) is 17.6. The van der Waals surface area contributed by atoms with Gasteiger partial charge in [0, 0.05) is 11.2 Å². The van der Waals surface area contributed by atoms with Crippen LogP contribution >= 0.6 is 11.6 Å². The smallest absolute Gasteiger partial charge is 0.319 e. The molecule has 0 fully saturated rings. The summed E-state index contributed by atoms with van der Waals surface area (Å²) in [5.74, 6) is 0. The Morgan fingerprint density at radius 3 is 2.72 bits per heavy atom. The Morgan fingerprint density at radius 2 is 1.92 bits per heavy atom. The third-order valence-electron chi connectivity index (χ3n) is 4.56. The monoisotopic (exact) mass is 354 g/mol. The van der Waals surface area contributed by atoms with Crippen LogP contribution in [0.2, 0.25) is 5.02 Å². The van der Waals surface area contributed by atoms with E-state index < -0.39 is 0 Å². The van der Waals surface area contributed by atoms with Crippen molar-refractivity contribution in [3.63, 3.8) is 0 Å². The maximum atomic E-state index is 12.1. The molecule has 0 aromatic heterocycles. The minimum absolute atomic E-state index is 0.0354. The van der Waals surface area contributed by atoms with Crippen LogP contribution in [0.4, 0.5) is 4.79 Å². The molecule has 0 radical (unpaired) electrons. The summed E-state index contributed by atoms with van der Waals surface area (Å²) in [6.07, 6.45) is 8.29. The van der Waals surface area contributed by atoms with Crippen LogP contribution in [0.5, 0.6) is 0 Å². The predicted molar refractivity (Wildman–Crippen MR) is 104 cm³/mol. The number of rotatable bonds is 4. The molecule has 4 heteroatoms. The van der Waals surface area contributed by atoms with Crippen molar-refractivity contribution in [1.29, 1.82) is 0 Å². The first-order chi connectivity index (χ1) is 12.1. The van der Waals surface area contributed by atoms with Gasteiger partial charge in [0.1, 0.15) is 0 Å². The van der Waals surface area contributed by atoms with Crippen LogP contribution in [0.1, 0.15) is 48.1 Å². The summed E-state index contributed by atoms with van der Waals surface area (Å²) in [4.78, 5) is 12.1. The minimum Gasteiger partial charge on any atom is -0.331 e. The van der Waals surface area contributed by atoms with Crippen LogP contribution < -0.4 is 10.6 Å². The number of hydrogen-bond acceptors (Lipinski definition) is 1. The van der Waals surface area contributed by atoms with Gasteiger partial charge in [-0.2, -0.15) is 0 Å². The number of fused-ring (bicyclic) bond motifs is 1. The van der Waals surface area contributed by atoms with Gasteiger partial charge in [0.05, 0.1) is 6.04 Å².